The van der Waals surface area contributed by atoms with Crippen LogP contribution in [0.1, 0.15) is 265 Å². The number of carbonyl (C=O) groups excluding carboxylic acids is 3. The molecule has 0 N–H and O–H groups in total. The number of hydrogen-bond donors (Lipinski definition) is 0. The van der Waals surface area contributed by atoms with E-state index in [2.05, 4.69) is 106 Å². The Morgan fingerprint density at radius 3 is 1.04 bits per heavy atom. The lowest BCUT2D eigenvalue weighted by Crippen LogP contribution is -2.30. The molecule has 0 aromatic carbocycles. The van der Waals surface area contributed by atoms with Gasteiger partial charge in [0.2, 0.25) is 0 Å². The molecule has 0 spiro atoms. The molecule has 69 heavy (non-hydrogen) atoms. The van der Waals surface area contributed by atoms with Gasteiger partial charge in [0.1, 0.15) is 13.2 Å². The van der Waals surface area contributed by atoms with Crippen LogP contribution in [0.25, 0.3) is 0 Å². The minimum Gasteiger partial charge on any atom is -0.462 e. The Labute approximate surface area is 426 Å². The molecule has 6 nitrogen and oxygen atoms in total. The quantitative estimate of drug-likeness (QED) is 0.0262. The summed E-state index contributed by atoms with van der Waals surface area (Å²) in [6.07, 6.45) is 75.6. The minimum absolute atomic E-state index is 0.113. The summed E-state index contributed by atoms with van der Waals surface area (Å²) in [5.41, 5.74) is 0. The summed E-state index contributed by atoms with van der Waals surface area (Å²) in [4.78, 5) is 38.1. The molecule has 6 heteroatoms. The third-order valence-electron chi connectivity index (χ3n) is 12.1. The SMILES string of the molecule is CC/C=C\C/C=C\C/C=C\C/C=C\C/C=C\CC(=O)OCC(COC(=O)CCCCCCCC/C=C\C/C=C\C/C=C\CCCCC)OC(=O)CCCCCCCCCCCCCCCCCCC. The minimum atomic E-state index is -0.822. The van der Waals surface area contributed by atoms with Gasteiger partial charge in [-0.1, -0.05) is 259 Å². The number of unbranched alkanes of at least 4 members (excludes halogenated alkanes) is 25. The van der Waals surface area contributed by atoms with Gasteiger partial charge in [-0.15, -0.1) is 0 Å². The Bertz CT molecular complexity index is 1380. The van der Waals surface area contributed by atoms with Crippen LogP contribution >= 0.6 is 0 Å². The highest BCUT2D eigenvalue weighted by atomic mass is 16.6. The van der Waals surface area contributed by atoms with Gasteiger partial charge < -0.3 is 14.2 Å². The Morgan fingerprint density at radius 2 is 0.623 bits per heavy atom. The largest absolute Gasteiger partial charge is 0.462 e. The monoisotopic (exact) mass is 959 g/mol. The van der Waals surface area contributed by atoms with Gasteiger partial charge in [-0.05, 0) is 83.5 Å². The fourth-order valence-corrected chi connectivity index (χ4v) is 7.82. The molecule has 0 aliphatic rings. The second-order valence-electron chi connectivity index (χ2n) is 18.8. The predicted octanol–water partition coefficient (Wildman–Crippen LogP) is 19.3. The summed E-state index contributed by atoms with van der Waals surface area (Å²) in [5, 5.41) is 0. The number of esters is 3. The van der Waals surface area contributed by atoms with Crippen molar-refractivity contribution in [1.29, 1.82) is 0 Å². The van der Waals surface area contributed by atoms with E-state index >= 15 is 0 Å². The van der Waals surface area contributed by atoms with Crippen molar-refractivity contribution in [2.75, 3.05) is 13.2 Å². The summed E-state index contributed by atoms with van der Waals surface area (Å²) in [6, 6.07) is 0. The van der Waals surface area contributed by atoms with Crippen molar-refractivity contribution in [1.82, 2.24) is 0 Å². The summed E-state index contributed by atoms with van der Waals surface area (Å²) < 4.78 is 16.8. The van der Waals surface area contributed by atoms with E-state index in [0.29, 0.717) is 12.8 Å². The summed E-state index contributed by atoms with van der Waals surface area (Å²) >= 11 is 0. The zero-order valence-electron chi connectivity index (χ0n) is 45.0. The maximum Gasteiger partial charge on any atom is 0.309 e. The van der Waals surface area contributed by atoms with Gasteiger partial charge in [0.05, 0.1) is 6.42 Å². The van der Waals surface area contributed by atoms with Crippen LogP contribution in [0.15, 0.2) is 97.2 Å². The zero-order chi connectivity index (χ0) is 50.0. The molecular formula is C63H106O6. The van der Waals surface area contributed by atoms with Crippen LogP contribution in [0.2, 0.25) is 0 Å². The fourth-order valence-electron chi connectivity index (χ4n) is 7.82. The number of hydrogen-bond acceptors (Lipinski definition) is 6. The summed E-state index contributed by atoms with van der Waals surface area (Å²) in [5.74, 6) is -1.05. The van der Waals surface area contributed by atoms with Crippen LogP contribution in [0.3, 0.4) is 0 Å². The molecular weight excluding hydrogens is 853 g/mol. The maximum atomic E-state index is 12.9. The van der Waals surface area contributed by atoms with E-state index in [0.717, 1.165) is 96.3 Å². The van der Waals surface area contributed by atoms with E-state index in [1.165, 1.54) is 128 Å². The standard InChI is InChI=1S/C63H106O6/c1-4-7-10-13-16-19-22-25-28-30-31-33-35-38-41-44-47-50-53-56-62(65)68-59-60(58-67-61(64)55-52-49-46-43-40-37-34-27-24-21-18-15-12-9-6-3)69-63(66)57-54-51-48-45-42-39-36-32-29-26-23-20-17-14-11-8-5-2/h9,12,16,18-19,21,25,27-28,31,33-34,40,43,49,52,60H,4-8,10-11,13-15,17,20,22-24,26,29-30,32,35-39,41-42,44-48,50-51,53-59H2,1-3H3/b12-9-,19-16-,21-18-,28-25-,33-31-,34-27-,43-40-,52-49-. The molecule has 0 radical (unpaired) electrons. The predicted molar refractivity (Wildman–Crippen MR) is 297 cm³/mol. The van der Waals surface area contributed by atoms with Crippen LogP contribution in [0.4, 0.5) is 0 Å². The summed E-state index contributed by atoms with van der Waals surface area (Å²) in [6.45, 7) is 6.41. The van der Waals surface area contributed by atoms with Crippen molar-refractivity contribution in [2.24, 2.45) is 0 Å². The summed E-state index contributed by atoms with van der Waals surface area (Å²) in [7, 11) is 0. The molecule has 1 unspecified atom stereocenters. The molecule has 0 aromatic heterocycles. The van der Waals surface area contributed by atoms with Gasteiger partial charge in [-0.3, -0.25) is 14.4 Å². The van der Waals surface area contributed by atoms with Crippen LogP contribution in [-0.2, 0) is 28.6 Å². The second kappa shape index (κ2) is 56.9. The van der Waals surface area contributed by atoms with E-state index in [9.17, 15) is 14.4 Å². The lowest BCUT2D eigenvalue weighted by molar-refractivity contribution is -0.166. The molecule has 0 bridgehead atoms. The Hall–Kier alpha value is -3.67. The highest BCUT2D eigenvalue weighted by Crippen LogP contribution is 2.16. The van der Waals surface area contributed by atoms with E-state index < -0.39 is 12.1 Å². The molecule has 0 fully saturated rings. The van der Waals surface area contributed by atoms with Crippen molar-refractivity contribution >= 4 is 17.9 Å². The van der Waals surface area contributed by atoms with Gasteiger partial charge >= 0.3 is 17.9 Å². The highest BCUT2D eigenvalue weighted by Gasteiger charge is 2.19. The molecule has 0 rings (SSSR count). The van der Waals surface area contributed by atoms with Crippen molar-refractivity contribution in [3.05, 3.63) is 97.2 Å². The third kappa shape index (κ3) is 55.1. The fraction of sp³-hybridized carbons (Fsp3) is 0.698. The van der Waals surface area contributed by atoms with E-state index in [4.69, 9.17) is 14.2 Å². The maximum absolute atomic E-state index is 12.9. The lowest BCUT2D eigenvalue weighted by Gasteiger charge is -2.18. The smallest absolute Gasteiger partial charge is 0.309 e. The molecule has 1 atom stereocenters. The van der Waals surface area contributed by atoms with Crippen LogP contribution in [0, 0.1) is 0 Å². The molecule has 0 saturated carbocycles. The number of allylic oxidation sites excluding steroid dienone is 15. The van der Waals surface area contributed by atoms with Gasteiger partial charge in [-0.25, -0.2) is 0 Å². The van der Waals surface area contributed by atoms with Gasteiger partial charge in [0.15, 0.2) is 6.10 Å². The van der Waals surface area contributed by atoms with Crippen LogP contribution < -0.4 is 0 Å². The average molecular weight is 960 g/mol. The van der Waals surface area contributed by atoms with Crippen molar-refractivity contribution in [3.63, 3.8) is 0 Å². The van der Waals surface area contributed by atoms with Crippen molar-refractivity contribution < 1.29 is 28.6 Å². The lowest BCUT2D eigenvalue weighted by atomic mass is 10.0. The van der Waals surface area contributed by atoms with Gasteiger partial charge in [0.25, 0.3) is 0 Å². The zero-order valence-corrected chi connectivity index (χ0v) is 45.0. The molecule has 0 heterocycles. The molecule has 394 valence electrons. The first-order valence-electron chi connectivity index (χ1n) is 28.7. The highest BCUT2D eigenvalue weighted by molar-refractivity contribution is 5.72. The third-order valence-corrected chi connectivity index (χ3v) is 12.1. The number of carbonyl (C=O) groups is 3. The van der Waals surface area contributed by atoms with Gasteiger partial charge in [0, 0.05) is 12.8 Å². The molecule has 0 aromatic rings. The van der Waals surface area contributed by atoms with Crippen LogP contribution in [0.5, 0.6) is 0 Å². The first kappa shape index (κ1) is 65.3. The average Bonchev–Trinajstić information content (AvgIpc) is 3.35. The number of rotatable bonds is 51. The van der Waals surface area contributed by atoms with E-state index in [1.807, 2.05) is 6.08 Å². The first-order chi connectivity index (χ1) is 34.0. The first-order valence-corrected chi connectivity index (χ1v) is 28.7. The molecule has 0 amide bonds. The Kier molecular flexibility index (Phi) is 53.9. The van der Waals surface area contributed by atoms with Crippen molar-refractivity contribution in [3.8, 4) is 0 Å². The van der Waals surface area contributed by atoms with E-state index in [1.54, 1.807) is 6.08 Å². The Balaban J connectivity index is 4.49. The van der Waals surface area contributed by atoms with E-state index in [-0.39, 0.29) is 31.6 Å². The number of ether oxygens (including phenoxy) is 3. The van der Waals surface area contributed by atoms with Gasteiger partial charge in [-0.2, -0.15) is 0 Å². The molecule has 0 aliphatic carbocycles. The van der Waals surface area contributed by atoms with Crippen LogP contribution in [-0.4, -0.2) is 37.2 Å². The Morgan fingerprint density at radius 1 is 0.319 bits per heavy atom. The molecule has 0 saturated heterocycles. The normalized spacial score (nSPS) is 12.8. The molecule has 0 aliphatic heterocycles. The topological polar surface area (TPSA) is 78.9 Å². The second-order valence-corrected chi connectivity index (χ2v) is 18.8. The van der Waals surface area contributed by atoms with Crippen molar-refractivity contribution in [2.45, 2.75) is 271 Å².